The fourth-order valence-electron chi connectivity index (χ4n) is 2.62. The largest absolute Gasteiger partial charge is 0.399 e. The first kappa shape index (κ1) is 18.1. The van der Waals surface area contributed by atoms with Gasteiger partial charge < -0.3 is 11.1 Å². The summed E-state index contributed by atoms with van der Waals surface area (Å²) >= 11 is 0. The van der Waals surface area contributed by atoms with Crippen molar-refractivity contribution in [1.82, 2.24) is 5.32 Å². The lowest BCUT2D eigenvalue weighted by molar-refractivity contribution is -0.121. The fourth-order valence-corrected chi connectivity index (χ4v) is 2.62. The van der Waals surface area contributed by atoms with Crippen LogP contribution in [0.5, 0.6) is 0 Å². The highest BCUT2D eigenvalue weighted by atomic mass is 16.1. The molecule has 0 aliphatic rings. The molecule has 2 rings (SSSR count). The Bertz CT molecular complexity index is 669. The van der Waals surface area contributed by atoms with Gasteiger partial charge in [0.15, 0.2) is 0 Å². The van der Waals surface area contributed by atoms with Gasteiger partial charge in [0.2, 0.25) is 5.91 Å². The molecule has 0 bridgehead atoms. The van der Waals surface area contributed by atoms with E-state index in [0.717, 1.165) is 17.7 Å². The Labute approximate surface area is 145 Å². The maximum Gasteiger partial charge on any atom is 0.220 e. The van der Waals surface area contributed by atoms with Crippen molar-refractivity contribution in [1.29, 1.82) is 0 Å². The Hall–Kier alpha value is -2.29. The van der Waals surface area contributed by atoms with Gasteiger partial charge in [-0.05, 0) is 41.0 Å². The van der Waals surface area contributed by atoms with Crippen LogP contribution in [0.2, 0.25) is 0 Å². The van der Waals surface area contributed by atoms with Crippen LogP contribution in [0, 0.1) is 0 Å². The zero-order valence-corrected chi connectivity index (χ0v) is 14.9. The number of hydrogen-bond donors (Lipinski definition) is 2. The minimum Gasteiger partial charge on any atom is -0.399 e. The fraction of sp³-hybridized carbons (Fsp3) is 0.381. The molecule has 0 aromatic heterocycles. The molecule has 1 amide bonds. The number of aryl methyl sites for hydroxylation is 1. The molecule has 2 aromatic rings. The highest BCUT2D eigenvalue weighted by molar-refractivity contribution is 5.76. The van der Waals surface area contributed by atoms with Crippen molar-refractivity contribution in [3.63, 3.8) is 0 Å². The van der Waals surface area contributed by atoms with Crippen molar-refractivity contribution >= 4 is 11.6 Å². The smallest absolute Gasteiger partial charge is 0.220 e. The van der Waals surface area contributed by atoms with Crippen LogP contribution in [0.4, 0.5) is 5.69 Å². The third-order valence-electron chi connectivity index (χ3n) is 4.23. The van der Waals surface area contributed by atoms with Gasteiger partial charge >= 0.3 is 0 Å². The molecule has 0 saturated carbocycles. The van der Waals surface area contributed by atoms with E-state index in [9.17, 15) is 4.79 Å². The van der Waals surface area contributed by atoms with Crippen LogP contribution in [-0.2, 0) is 23.1 Å². The van der Waals surface area contributed by atoms with Crippen molar-refractivity contribution in [3.8, 4) is 0 Å². The van der Waals surface area contributed by atoms with Gasteiger partial charge in [-0.3, -0.25) is 4.79 Å². The van der Waals surface area contributed by atoms with E-state index in [2.05, 4.69) is 50.4 Å². The van der Waals surface area contributed by atoms with Gasteiger partial charge in [-0.1, -0.05) is 63.2 Å². The van der Waals surface area contributed by atoms with Gasteiger partial charge in [0.25, 0.3) is 0 Å². The lowest BCUT2D eigenvalue weighted by Gasteiger charge is -2.19. The Morgan fingerprint density at radius 3 is 2.29 bits per heavy atom. The highest BCUT2D eigenvalue weighted by Crippen LogP contribution is 2.22. The van der Waals surface area contributed by atoms with E-state index in [4.69, 9.17) is 5.73 Å². The lowest BCUT2D eigenvalue weighted by Crippen LogP contribution is -2.26. The maximum absolute atomic E-state index is 12.0. The van der Waals surface area contributed by atoms with Crippen LogP contribution >= 0.6 is 0 Å². The minimum absolute atomic E-state index is 0.0737. The van der Waals surface area contributed by atoms with Crippen molar-refractivity contribution < 1.29 is 4.79 Å². The molecule has 0 spiro atoms. The second-order valence-corrected chi connectivity index (χ2v) is 7.25. The molecule has 0 heterocycles. The van der Waals surface area contributed by atoms with Gasteiger partial charge in [0.05, 0.1) is 0 Å². The predicted molar refractivity (Wildman–Crippen MR) is 101 cm³/mol. The van der Waals surface area contributed by atoms with E-state index in [1.165, 1.54) is 11.1 Å². The maximum atomic E-state index is 12.0. The highest BCUT2D eigenvalue weighted by Gasteiger charge is 2.12. The van der Waals surface area contributed by atoms with Crippen molar-refractivity contribution in [2.45, 2.75) is 45.4 Å². The van der Waals surface area contributed by atoms with E-state index < -0.39 is 0 Å². The van der Waals surface area contributed by atoms with E-state index >= 15 is 0 Å². The van der Waals surface area contributed by atoms with Crippen LogP contribution in [0.15, 0.2) is 48.5 Å². The van der Waals surface area contributed by atoms with Crippen molar-refractivity contribution in [3.05, 3.63) is 65.2 Å². The van der Waals surface area contributed by atoms with Crippen LogP contribution < -0.4 is 11.1 Å². The molecule has 3 heteroatoms. The molecule has 0 saturated heterocycles. The number of nitrogen functional groups attached to an aromatic ring is 1. The molecule has 24 heavy (non-hydrogen) atoms. The third kappa shape index (κ3) is 5.41. The number of benzene rings is 2. The average Bonchev–Trinajstić information content (AvgIpc) is 2.54. The zero-order valence-electron chi connectivity index (χ0n) is 14.9. The third-order valence-corrected chi connectivity index (χ3v) is 4.23. The number of rotatable bonds is 6. The van der Waals surface area contributed by atoms with E-state index in [1.807, 2.05) is 24.3 Å². The topological polar surface area (TPSA) is 55.1 Å². The summed E-state index contributed by atoms with van der Waals surface area (Å²) in [6.45, 7) is 7.29. The van der Waals surface area contributed by atoms with Gasteiger partial charge in [0, 0.05) is 18.7 Å². The first-order valence-corrected chi connectivity index (χ1v) is 8.56. The second kappa shape index (κ2) is 8.00. The quantitative estimate of drug-likeness (QED) is 0.793. The summed E-state index contributed by atoms with van der Waals surface area (Å²) in [6.07, 6.45) is 2.00. The number of amides is 1. The van der Waals surface area contributed by atoms with Crippen LogP contribution in [0.3, 0.4) is 0 Å². The summed E-state index contributed by atoms with van der Waals surface area (Å²) in [5, 5.41) is 2.99. The molecule has 0 unspecified atom stereocenters. The monoisotopic (exact) mass is 324 g/mol. The first-order chi connectivity index (χ1) is 11.4. The average molecular weight is 324 g/mol. The second-order valence-electron chi connectivity index (χ2n) is 7.25. The molecule has 0 atom stereocenters. The number of carbonyl (C=O) groups is 1. The number of anilines is 1. The Morgan fingerprint density at radius 2 is 1.67 bits per heavy atom. The van der Waals surface area contributed by atoms with Gasteiger partial charge in [-0.25, -0.2) is 0 Å². The normalized spacial score (nSPS) is 11.3. The molecular formula is C21H28N2O. The minimum atomic E-state index is 0.0737. The Morgan fingerprint density at radius 1 is 1.00 bits per heavy atom. The number of nitrogens with one attached hydrogen (secondary N) is 1. The molecule has 0 radical (unpaired) electrons. The van der Waals surface area contributed by atoms with Crippen LogP contribution in [0.1, 0.15) is 43.9 Å². The van der Waals surface area contributed by atoms with E-state index in [1.54, 1.807) is 0 Å². The van der Waals surface area contributed by atoms with Crippen molar-refractivity contribution in [2.75, 3.05) is 12.3 Å². The SMILES string of the molecule is CC(C)(C)c1ccc(CCNC(=O)CCc2ccccc2N)cc1. The Balaban J connectivity index is 1.74. The first-order valence-electron chi connectivity index (χ1n) is 8.56. The standard InChI is InChI=1S/C21H28N2O/c1-21(2,3)18-11-8-16(9-12-18)14-15-23-20(24)13-10-17-6-4-5-7-19(17)22/h4-9,11-12H,10,13-15,22H2,1-3H3,(H,23,24). The molecule has 0 aliphatic heterocycles. The Kier molecular flexibility index (Phi) is 6.02. The molecule has 0 fully saturated rings. The molecular weight excluding hydrogens is 296 g/mol. The van der Waals surface area contributed by atoms with Gasteiger partial charge in [-0.15, -0.1) is 0 Å². The van der Waals surface area contributed by atoms with Gasteiger partial charge in [-0.2, -0.15) is 0 Å². The van der Waals surface area contributed by atoms with E-state index in [0.29, 0.717) is 19.4 Å². The summed E-state index contributed by atoms with van der Waals surface area (Å²) in [5.41, 5.74) is 10.4. The summed E-state index contributed by atoms with van der Waals surface area (Å²) in [7, 11) is 0. The number of nitrogens with two attached hydrogens (primary N) is 1. The molecule has 0 aliphatic carbocycles. The summed E-state index contributed by atoms with van der Waals surface area (Å²) in [6, 6.07) is 16.3. The van der Waals surface area contributed by atoms with Crippen LogP contribution in [0.25, 0.3) is 0 Å². The lowest BCUT2D eigenvalue weighted by atomic mass is 9.86. The summed E-state index contributed by atoms with van der Waals surface area (Å²) < 4.78 is 0. The number of para-hydroxylation sites is 1. The summed E-state index contributed by atoms with van der Waals surface area (Å²) in [4.78, 5) is 12.0. The molecule has 128 valence electrons. The van der Waals surface area contributed by atoms with Crippen LogP contribution in [-0.4, -0.2) is 12.5 Å². The summed E-state index contributed by atoms with van der Waals surface area (Å²) in [5.74, 6) is 0.0737. The molecule has 3 N–H and O–H groups in total. The zero-order chi connectivity index (χ0) is 17.6. The van der Waals surface area contributed by atoms with Gasteiger partial charge in [0.1, 0.15) is 0 Å². The number of hydrogen-bond acceptors (Lipinski definition) is 2. The molecule has 3 nitrogen and oxygen atoms in total. The number of carbonyl (C=O) groups excluding carboxylic acids is 1. The predicted octanol–water partition coefficient (Wildman–Crippen LogP) is 3.86. The van der Waals surface area contributed by atoms with E-state index in [-0.39, 0.29) is 11.3 Å². The van der Waals surface area contributed by atoms with Crippen molar-refractivity contribution in [2.24, 2.45) is 0 Å². The molecule has 2 aromatic carbocycles.